The standard InChI is InChI=1S/C24H23N3O5/c1-14-10-11-20-17(12-14)23(16-6-3-4-7-19(16)25-20)24(29)32-13-22(28)26-18-8-5-9-21(15(18)2)27(30)31/h3-9,14H,10-13H2,1-2H3,(H,26,28). The Balaban J connectivity index is 1.55. The lowest BCUT2D eigenvalue weighted by Crippen LogP contribution is -2.24. The Kier molecular flexibility index (Phi) is 5.85. The third-order valence-corrected chi connectivity index (χ3v) is 5.82. The van der Waals surface area contributed by atoms with Gasteiger partial charge < -0.3 is 10.1 Å². The van der Waals surface area contributed by atoms with Gasteiger partial charge in [0.25, 0.3) is 11.6 Å². The minimum Gasteiger partial charge on any atom is -0.452 e. The Morgan fingerprint density at radius 2 is 2.00 bits per heavy atom. The molecule has 0 fully saturated rings. The molecule has 0 radical (unpaired) electrons. The van der Waals surface area contributed by atoms with Crippen molar-refractivity contribution < 1.29 is 19.2 Å². The average molecular weight is 433 g/mol. The number of aromatic nitrogens is 1. The summed E-state index contributed by atoms with van der Waals surface area (Å²) in [4.78, 5) is 40.8. The molecule has 0 saturated heterocycles. The lowest BCUT2D eigenvalue weighted by molar-refractivity contribution is -0.385. The number of hydrogen-bond donors (Lipinski definition) is 1. The van der Waals surface area contributed by atoms with E-state index >= 15 is 0 Å². The molecule has 8 nitrogen and oxygen atoms in total. The SMILES string of the molecule is Cc1c(NC(=O)COC(=O)c2c3c(nc4ccccc24)CCC(C)C3)cccc1[N+](=O)[O-]. The summed E-state index contributed by atoms with van der Waals surface area (Å²) in [5.41, 5.74) is 3.54. The minimum absolute atomic E-state index is 0.0937. The molecule has 8 heteroatoms. The largest absolute Gasteiger partial charge is 0.452 e. The molecule has 32 heavy (non-hydrogen) atoms. The van der Waals surface area contributed by atoms with Crippen molar-refractivity contribution >= 4 is 34.2 Å². The maximum atomic E-state index is 13.1. The Morgan fingerprint density at radius 3 is 2.78 bits per heavy atom. The number of hydrogen-bond acceptors (Lipinski definition) is 6. The van der Waals surface area contributed by atoms with Gasteiger partial charge in [-0.15, -0.1) is 0 Å². The van der Waals surface area contributed by atoms with E-state index in [0.717, 1.165) is 36.0 Å². The summed E-state index contributed by atoms with van der Waals surface area (Å²) in [6.07, 6.45) is 2.54. The molecule has 3 aromatic rings. The number of carbonyl (C=O) groups is 2. The zero-order chi connectivity index (χ0) is 22.8. The summed E-state index contributed by atoms with van der Waals surface area (Å²) in [6.45, 7) is 3.19. The lowest BCUT2D eigenvalue weighted by Gasteiger charge is -2.24. The highest BCUT2D eigenvalue weighted by molar-refractivity contribution is 6.06. The van der Waals surface area contributed by atoms with Gasteiger partial charge in [-0.05, 0) is 49.8 Å². The number of ether oxygens (including phenoxy) is 1. The van der Waals surface area contributed by atoms with E-state index in [-0.39, 0.29) is 5.69 Å². The monoisotopic (exact) mass is 433 g/mol. The Hall–Kier alpha value is -3.81. The van der Waals surface area contributed by atoms with Gasteiger partial charge in [-0.25, -0.2) is 4.79 Å². The van der Waals surface area contributed by atoms with Crippen LogP contribution in [0.15, 0.2) is 42.5 Å². The first-order valence-corrected chi connectivity index (χ1v) is 10.5. The highest BCUT2D eigenvalue weighted by Gasteiger charge is 2.26. The van der Waals surface area contributed by atoms with Crippen LogP contribution in [0.25, 0.3) is 10.9 Å². The molecule has 1 N–H and O–H groups in total. The molecule has 1 aliphatic carbocycles. The summed E-state index contributed by atoms with van der Waals surface area (Å²) < 4.78 is 5.38. The van der Waals surface area contributed by atoms with Crippen molar-refractivity contribution in [2.24, 2.45) is 5.92 Å². The van der Waals surface area contributed by atoms with Crippen LogP contribution in [0.5, 0.6) is 0 Å². The summed E-state index contributed by atoms with van der Waals surface area (Å²) in [5.74, 6) is -0.709. The first-order chi connectivity index (χ1) is 15.3. The van der Waals surface area contributed by atoms with E-state index in [4.69, 9.17) is 9.72 Å². The lowest BCUT2D eigenvalue weighted by atomic mass is 9.84. The van der Waals surface area contributed by atoms with E-state index in [1.54, 1.807) is 13.0 Å². The Labute approximate surface area is 184 Å². The predicted molar refractivity (Wildman–Crippen MR) is 120 cm³/mol. The molecule has 1 aromatic heterocycles. The van der Waals surface area contributed by atoms with E-state index < -0.39 is 23.4 Å². The summed E-state index contributed by atoms with van der Waals surface area (Å²) >= 11 is 0. The predicted octanol–water partition coefficient (Wildman–Crippen LogP) is 4.37. The first-order valence-electron chi connectivity index (χ1n) is 10.5. The maximum Gasteiger partial charge on any atom is 0.339 e. The molecule has 1 heterocycles. The highest BCUT2D eigenvalue weighted by Crippen LogP contribution is 2.32. The highest BCUT2D eigenvalue weighted by atomic mass is 16.6. The number of carbonyl (C=O) groups excluding carboxylic acids is 2. The van der Waals surface area contributed by atoms with Crippen molar-refractivity contribution in [1.29, 1.82) is 0 Å². The number of nitro groups is 1. The molecule has 1 aliphatic rings. The van der Waals surface area contributed by atoms with E-state index in [9.17, 15) is 19.7 Å². The van der Waals surface area contributed by atoms with E-state index in [1.807, 2.05) is 24.3 Å². The molecule has 0 saturated carbocycles. The van der Waals surface area contributed by atoms with Gasteiger partial charge in [-0.3, -0.25) is 19.9 Å². The zero-order valence-corrected chi connectivity index (χ0v) is 17.9. The number of rotatable bonds is 5. The third kappa shape index (κ3) is 4.16. The van der Waals surface area contributed by atoms with Gasteiger partial charge in [0.1, 0.15) is 0 Å². The van der Waals surface area contributed by atoms with Crippen molar-refractivity contribution in [2.75, 3.05) is 11.9 Å². The van der Waals surface area contributed by atoms with Gasteiger partial charge in [0.05, 0.1) is 27.3 Å². The fraction of sp³-hybridized carbons (Fsp3) is 0.292. The fourth-order valence-electron chi connectivity index (χ4n) is 4.14. The van der Waals surface area contributed by atoms with Crippen LogP contribution in [0.2, 0.25) is 0 Å². The van der Waals surface area contributed by atoms with Crippen molar-refractivity contribution in [3.63, 3.8) is 0 Å². The van der Waals surface area contributed by atoms with Gasteiger partial charge in [-0.1, -0.05) is 31.2 Å². The number of nitrogens with one attached hydrogen (secondary N) is 1. The summed E-state index contributed by atoms with van der Waals surface area (Å²) in [6, 6.07) is 11.8. The number of anilines is 1. The molecule has 164 valence electrons. The number of para-hydroxylation sites is 1. The van der Waals surface area contributed by atoms with Gasteiger partial charge in [0, 0.05) is 17.1 Å². The van der Waals surface area contributed by atoms with Gasteiger partial charge in [0.2, 0.25) is 0 Å². The molecule has 1 atom stereocenters. The van der Waals surface area contributed by atoms with Crippen LogP contribution in [0, 0.1) is 23.0 Å². The number of esters is 1. The summed E-state index contributed by atoms with van der Waals surface area (Å²) in [7, 11) is 0. The molecule has 1 unspecified atom stereocenters. The smallest absolute Gasteiger partial charge is 0.339 e. The third-order valence-electron chi connectivity index (χ3n) is 5.82. The second kappa shape index (κ2) is 8.74. The van der Waals surface area contributed by atoms with Crippen LogP contribution in [-0.2, 0) is 22.4 Å². The van der Waals surface area contributed by atoms with E-state index in [2.05, 4.69) is 12.2 Å². The maximum absolute atomic E-state index is 13.1. The fourth-order valence-corrected chi connectivity index (χ4v) is 4.14. The number of nitrogens with zero attached hydrogens (tertiary/aromatic N) is 2. The second-order valence-electron chi connectivity index (χ2n) is 8.11. The zero-order valence-electron chi connectivity index (χ0n) is 17.9. The molecular weight excluding hydrogens is 410 g/mol. The van der Waals surface area contributed by atoms with Crippen molar-refractivity contribution in [3.8, 4) is 0 Å². The van der Waals surface area contributed by atoms with Crippen molar-refractivity contribution in [3.05, 3.63) is 75.0 Å². The molecule has 2 aromatic carbocycles. The van der Waals surface area contributed by atoms with Crippen LogP contribution in [-0.4, -0.2) is 28.4 Å². The van der Waals surface area contributed by atoms with Crippen molar-refractivity contribution in [2.45, 2.75) is 33.1 Å². The Bertz CT molecular complexity index is 1240. The van der Waals surface area contributed by atoms with Crippen LogP contribution < -0.4 is 5.32 Å². The van der Waals surface area contributed by atoms with Crippen LogP contribution in [0.4, 0.5) is 11.4 Å². The number of amides is 1. The summed E-state index contributed by atoms with van der Waals surface area (Å²) in [5, 5.41) is 14.4. The van der Waals surface area contributed by atoms with Gasteiger partial charge in [0.15, 0.2) is 6.61 Å². The normalized spacial score (nSPS) is 15.1. The first kappa shape index (κ1) is 21.4. The average Bonchev–Trinajstić information content (AvgIpc) is 2.77. The number of pyridine rings is 1. The second-order valence-corrected chi connectivity index (χ2v) is 8.11. The van der Waals surface area contributed by atoms with Gasteiger partial charge in [-0.2, -0.15) is 0 Å². The van der Waals surface area contributed by atoms with Gasteiger partial charge >= 0.3 is 5.97 Å². The molecule has 0 spiro atoms. The Morgan fingerprint density at radius 1 is 1.22 bits per heavy atom. The quantitative estimate of drug-likeness (QED) is 0.363. The number of aryl methyl sites for hydroxylation is 1. The van der Waals surface area contributed by atoms with Crippen LogP contribution in [0.3, 0.4) is 0 Å². The molecule has 0 bridgehead atoms. The molecule has 0 aliphatic heterocycles. The minimum atomic E-state index is -0.570. The van der Waals surface area contributed by atoms with Crippen LogP contribution >= 0.6 is 0 Å². The van der Waals surface area contributed by atoms with E-state index in [0.29, 0.717) is 28.1 Å². The van der Waals surface area contributed by atoms with Crippen LogP contribution in [0.1, 0.15) is 40.5 Å². The molecule has 1 amide bonds. The number of nitro benzene ring substituents is 1. The number of benzene rings is 2. The molecular formula is C24H23N3O5. The number of fused-ring (bicyclic) bond motifs is 2. The molecule has 4 rings (SSSR count). The van der Waals surface area contributed by atoms with Crippen molar-refractivity contribution in [1.82, 2.24) is 4.98 Å². The topological polar surface area (TPSA) is 111 Å². The van der Waals surface area contributed by atoms with E-state index in [1.165, 1.54) is 12.1 Å².